The van der Waals surface area contributed by atoms with Crippen molar-refractivity contribution in [2.45, 2.75) is 6.92 Å². The SMILES string of the molecule is Cc1ccc2c(c1)c(=O)n(C)c1cc(O)c(Cl)cc21. The molecule has 0 aliphatic heterocycles. The largest absolute Gasteiger partial charge is 0.506 e. The number of aryl methyl sites for hydroxylation is 2. The lowest BCUT2D eigenvalue weighted by Crippen LogP contribution is -2.17. The van der Waals surface area contributed by atoms with Gasteiger partial charge in [0.1, 0.15) is 5.75 Å². The van der Waals surface area contributed by atoms with E-state index in [-0.39, 0.29) is 16.3 Å². The van der Waals surface area contributed by atoms with Gasteiger partial charge >= 0.3 is 0 Å². The monoisotopic (exact) mass is 273 g/mol. The molecule has 0 unspecified atom stereocenters. The maximum absolute atomic E-state index is 12.3. The number of benzene rings is 2. The summed E-state index contributed by atoms with van der Waals surface area (Å²) in [6, 6.07) is 8.98. The van der Waals surface area contributed by atoms with E-state index in [1.165, 1.54) is 10.6 Å². The van der Waals surface area contributed by atoms with Gasteiger partial charge < -0.3 is 9.67 Å². The van der Waals surface area contributed by atoms with Crippen LogP contribution in [0.5, 0.6) is 5.75 Å². The molecule has 0 radical (unpaired) electrons. The van der Waals surface area contributed by atoms with Gasteiger partial charge in [-0.1, -0.05) is 29.3 Å². The lowest BCUT2D eigenvalue weighted by molar-refractivity contribution is 0.476. The number of fused-ring (bicyclic) bond motifs is 3. The molecule has 2 aromatic carbocycles. The minimum Gasteiger partial charge on any atom is -0.506 e. The molecule has 3 rings (SSSR count). The molecule has 0 atom stereocenters. The normalized spacial score (nSPS) is 11.3. The van der Waals surface area contributed by atoms with Gasteiger partial charge in [-0.25, -0.2) is 0 Å². The Kier molecular flexibility index (Phi) is 2.54. The lowest BCUT2D eigenvalue weighted by Gasteiger charge is -2.10. The van der Waals surface area contributed by atoms with E-state index in [1.807, 2.05) is 25.1 Å². The number of phenolic OH excluding ortho intramolecular Hbond substituents is 1. The molecular weight excluding hydrogens is 262 g/mol. The molecule has 0 amide bonds. The Balaban J connectivity index is 2.67. The van der Waals surface area contributed by atoms with Crippen molar-refractivity contribution < 1.29 is 5.11 Å². The predicted molar refractivity (Wildman–Crippen MR) is 78.1 cm³/mol. The lowest BCUT2D eigenvalue weighted by atomic mass is 10.0. The van der Waals surface area contributed by atoms with Crippen LogP contribution in [0.15, 0.2) is 35.1 Å². The van der Waals surface area contributed by atoms with Gasteiger partial charge in [0.15, 0.2) is 0 Å². The van der Waals surface area contributed by atoms with Crippen LogP contribution in [0.4, 0.5) is 0 Å². The highest BCUT2D eigenvalue weighted by atomic mass is 35.5. The topological polar surface area (TPSA) is 42.2 Å². The Labute approximate surface area is 114 Å². The number of hydrogen-bond acceptors (Lipinski definition) is 2. The summed E-state index contributed by atoms with van der Waals surface area (Å²) in [6.07, 6.45) is 0. The third-order valence-electron chi connectivity index (χ3n) is 3.43. The highest BCUT2D eigenvalue weighted by Crippen LogP contribution is 2.31. The van der Waals surface area contributed by atoms with E-state index in [9.17, 15) is 9.90 Å². The summed E-state index contributed by atoms with van der Waals surface area (Å²) < 4.78 is 1.53. The molecule has 3 nitrogen and oxygen atoms in total. The van der Waals surface area contributed by atoms with Crippen LogP contribution in [-0.4, -0.2) is 9.67 Å². The second-order valence-corrected chi connectivity index (χ2v) is 5.14. The molecule has 0 aliphatic carbocycles. The average Bonchev–Trinajstić information content (AvgIpc) is 2.38. The highest BCUT2D eigenvalue weighted by Gasteiger charge is 2.11. The molecule has 0 saturated carbocycles. The van der Waals surface area contributed by atoms with Crippen LogP contribution >= 0.6 is 11.6 Å². The molecule has 1 heterocycles. The number of nitrogens with zero attached hydrogens (tertiary/aromatic N) is 1. The van der Waals surface area contributed by atoms with Crippen molar-refractivity contribution in [1.82, 2.24) is 4.57 Å². The predicted octanol–water partition coefficient (Wildman–Crippen LogP) is 3.36. The molecule has 0 spiro atoms. The summed E-state index contributed by atoms with van der Waals surface area (Å²) in [5.74, 6) is -0.0179. The van der Waals surface area contributed by atoms with Gasteiger partial charge in [-0.2, -0.15) is 0 Å². The average molecular weight is 274 g/mol. The number of rotatable bonds is 0. The zero-order valence-corrected chi connectivity index (χ0v) is 11.3. The second-order valence-electron chi connectivity index (χ2n) is 4.73. The van der Waals surface area contributed by atoms with E-state index in [1.54, 1.807) is 13.1 Å². The third-order valence-corrected chi connectivity index (χ3v) is 3.73. The number of phenols is 1. The van der Waals surface area contributed by atoms with Crippen LogP contribution in [0, 0.1) is 6.92 Å². The van der Waals surface area contributed by atoms with Crippen LogP contribution in [0.25, 0.3) is 21.7 Å². The van der Waals surface area contributed by atoms with E-state index in [0.717, 1.165) is 16.3 Å². The summed E-state index contributed by atoms with van der Waals surface area (Å²) in [4.78, 5) is 12.3. The number of aromatic hydroxyl groups is 1. The Morgan fingerprint density at radius 1 is 1.11 bits per heavy atom. The smallest absolute Gasteiger partial charge is 0.258 e. The van der Waals surface area contributed by atoms with Crippen LogP contribution in [0.3, 0.4) is 0 Å². The molecule has 1 aromatic heterocycles. The van der Waals surface area contributed by atoms with E-state index in [4.69, 9.17) is 11.6 Å². The summed E-state index contributed by atoms with van der Waals surface area (Å²) in [6.45, 7) is 1.95. The van der Waals surface area contributed by atoms with E-state index < -0.39 is 0 Å². The first-order valence-electron chi connectivity index (χ1n) is 5.90. The number of aromatic nitrogens is 1. The van der Waals surface area contributed by atoms with Gasteiger partial charge in [-0.3, -0.25) is 4.79 Å². The Bertz CT molecular complexity index is 881. The van der Waals surface area contributed by atoms with Gasteiger partial charge in [-0.15, -0.1) is 0 Å². The number of pyridine rings is 1. The van der Waals surface area contributed by atoms with E-state index in [2.05, 4.69) is 0 Å². The van der Waals surface area contributed by atoms with Crippen molar-refractivity contribution in [3.63, 3.8) is 0 Å². The molecule has 19 heavy (non-hydrogen) atoms. The van der Waals surface area contributed by atoms with Gasteiger partial charge in [0.05, 0.1) is 10.5 Å². The molecule has 4 heteroatoms. The highest BCUT2D eigenvalue weighted by molar-refractivity contribution is 6.33. The summed E-state index contributed by atoms with van der Waals surface area (Å²) in [5.41, 5.74) is 1.63. The van der Waals surface area contributed by atoms with Gasteiger partial charge in [0.2, 0.25) is 0 Å². The van der Waals surface area contributed by atoms with Crippen LogP contribution in [-0.2, 0) is 7.05 Å². The maximum Gasteiger partial charge on any atom is 0.258 e. The first-order valence-corrected chi connectivity index (χ1v) is 6.28. The van der Waals surface area contributed by atoms with E-state index in [0.29, 0.717) is 10.9 Å². The first kappa shape index (κ1) is 12.1. The van der Waals surface area contributed by atoms with Gasteiger partial charge in [0, 0.05) is 23.9 Å². The molecule has 1 N–H and O–H groups in total. The van der Waals surface area contributed by atoms with Crippen LogP contribution < -0.4 is 5.56 Å². The quantitative estimate of drug-likeness (QED) is 0.638. The molecule has 0 aliphatic rings. The minimum atomic E-state index is -0.0760. The van der Waals surface area contributed by atoms with Crippen molar-refractivity contribution in [3.8, 4) is 5.75 Å². The standard InChI is InChI=1S/C15H12ClNO2/c1-8-3-4-9-10-6-12(16)14(18)7-13(10)17(2)15(19)11(9)5-8/h3-7,18H,1-2H3. The maximum atomic E-state index is 12.3. The van der Waals surface area contributed by atoms with Crippen molar-refractivity contribution in [1.29, 1.82) is 0 Å². The third kappa shape index (κ3) is 1.70. The Morgan fingerprint density at radius 2 is 1.84 bits per heavy atom. The zero-order valence-electron chi connectivity index (χ0n) is 10.6. The second kappa shape index (κ2) is 4.00. The molecule has 3 aromatic rings. The zero-order chi connectivity index (χ0) is 13.7. The Morgan fingerprint density at radius 3 is 2.58 bits per heavy atom. The van der Waals surface area contributed by atoms with Gasteiger partial charge in [0.25, 0.3) is 5.56 Å². The number of halogens is 1. The molecular formula is C15H12ClNO2. The van der Waals surface area contributed by atoms with Crippen molar-refractivity contribution in [2.75, 3.05) is 0 Å². The summed E-state index contributed by atoms with van der Waals surface area (Å²) in [5, 5.41) is 12.4. The van der Waals surface area contributed by atoms with Crippen molar-refractivity contribution in [2.24, 2.45) is 7.05 Å². The fourth-order valence-electron chi connectivity index (χ4n) is 2.40. The Hall–Kier alpha value is -2.00. The van der Waals surface area contributed by atoms with Crippen molar-refractivity contribution >= 4 is 33.3 Å². The first-order chi connectivity index (χ1) is 8.99. The van der Waals surface area contributed by atoms with Crippen LogP contribution in [0.1, 0.15) is 5.56 Å². The number of hydrogen-bond donors (Lipinski definition) is 1. The summed E-state index contributed by atoms with van der Waals surface area (Å²) in [7, 11) is 1.69. The van der Waals surface area contributed by atoms with Crippen molar-refractivity contribution in [3.05, 3.63) is 51.3 Å². The van der Waals surface area contributed by atoms with Crippen LogP contribution in [0.2, 0.25) is 5.02 Å². The fraction of sp³-hybridized carbons (Fsp3) is 0.133. The van der Waals surface area contributed by atoms with Gasteiger partial charge in [-0.05, 0) is 24.4 Å². The fourth-order valence-corrected chi connectivity index (χ4v) is 2.57. The minimum absolute atomic E-state index is 0.0179. The van der Waals surface area contributed by atoms with E-state index >= 15 is 0 Å². The molecule has 0 saturated heterocycles. The molecule has 96 valence electrons. The molecule has 0 bridgehead atoms. The molecule has 0 fully saturated rings. The summed E-state index contributed by atoms with van der Waals surface area (Å²) >= 11 is 5.97.